The number of benzene rings is 1. The summed E-state index contributed by atoms with van der Waals surface area (Å²) in [7, 11) is 0. The number of hydrogen-bond donors (Lipinski definition) is 1. The van der Waals surface area contributed by atoms with Crippen molar-refractivity contribution in [1.29, 1.82) is 0 Å². The fourth-order valence-electron chi connectivity index (χ4n) is 2.08. The van der Waals surface area contributed by atoms with Gasteiger partial charge < -0.3 is 5.32 Å². The van der Waals surface area contributed by atoms with E-state index in [4.69, 9.17) is 4.98 Å². The minimum absolute atomic E-state index is 0.485. The van der Waals surface area contributed by atoms with Gasteiger partial charge in [0, 0.05) is 22.3 Å². The molecule has 0 saturated carbocycles. The van der Waals surface area contributed by atoms with E-state index in [1.54, 1.807) is 0 Å². The Morgan fingerprint density at radius 3 is 2.55 bits per heavy atom. The predicted molar refractivity (Wildman–Crippen MR) is 90.5 cm³/mol. The summed E-state index contributed by atoms with van der Waals surface area (Å²) in [5.41, 5.74) is 2.57. The van der Waals surface area contributed by atoms with Gasteiger partial charge in [0.2, 0.25) is 0 Å². The molecule has 0 bridgehead atoms. The molecule has 0 aliphatic rings. The van der Waals surface area contributed by atoms with E-state index in [1.165, 1.54) is 21.1 Å². The van der Waals surface area contributed by atoms with E-state index in [0.29, 0.717) is 5.92 Å². The van der Waals surface area contributed by atoms with Crippen molar-refractivity contribution in [3.8, 4) is 0 Å². The minimum Gasteiger partial charge on any atom is -0.312 e. The Labute approximate surface area is 133 Å². The Balaban J connectivity index is 2.17. The fraction of sp³-hybridized carbons (Fsp3) is 0.438. The van der Waals surface area contributed by atoms with Crippen LogP contribution in [0.1, 0.15) is 47.8 Å². The first kappa shape index (κ1) is 15.7. The highest BCUT2D eigenvalue weighted by atomic mass is 79.9. The topological polar surface area (TPSA) is 24.9 Å². The smallest absolute Gasteiger partial charge is 0.0975 e. The van der Waals surface area contributed by atoms with Crippen LogP contribution in [0.15, 0.2) is 28.7 Å². The molecule has 0 atom stereocenters. The zero-order valence-corrected chi connectivity index (χ0v) is 14.6. The van der Waals surface area contributed by atoms with E-state index in [2.05, 4.69) is 66.3 Å². The molecule has 1 N–H and O–H groups in total. The van der Waals surface area contributed by atoms with Crippen LogP contribution in [0.4, 0.5) is 0 Å². The molecule has 108 valence electrons. The van der Waals surface area contributed by atoms with Gasteiger partial charge in [0.25, 0.3) is 0 Å². The molecule has 0 aliphatic carbocycles. The van der Waals surface area contributed by atoms with Crippen molar-refractivity contribution >= 4 is 27.3 Å². The number of rotatable bonds is 6. The first-order valence-electron chi connectivity index (χ1n) is 7.03. The highest BCUT2D eigenvalue weighted by Gasteiger charge is 2.14. The second kappa shape index (κ2) is 7.34. The van der Waals surface area contributed by atoms with Crippen molar-refractivity contribution in [2.24, 2.45) is 0 Å². The van der Waals surface area contributed by atoms with E-state index in [9.17, 15) is 0 Å². The summed E-state index contributed by atoms with van der Waals surface area (Å²) < 4.78 is 1.12. The summed E-state index contributed by atoms with van der Waals surface area (Å²) in [5.74, 6) is 0.485. The molecular weight excluding hydrogens is 332 g/mol. The molecule has 2 nitrogen and oxygen atoms in total. The van der Waals surface area contributed by atoms with Crippen molar-refractivity contribution < 1.29 is 0 Å². The van der Waals surface area contributed by atoms with Gasteiger partial charge in [0.1, 0.15) is 0 Å². The summed E-state index contributed by atoms with van der Waals surface area (Å²) in [4.78, 5) is 6.23. The number of thiazole rings is 1. The lowest BCUT2D eigenvalue weighted by Crippen LogP contribution is -2.12. The monoisotopic (exact) mass is 352 g/mol. The molecule has 0 amide bonds. The van der Waals surface area contributed by atoms with Crippen LogP contribution in [-0.2, 0) is 13.0 Å². The maximum absolute atomic E-state index is 4.85. The van der Waals surface area contributed by atoms with E-state index < -0.39 is 0 Å². The Bertz CT molecular complexity index is 546. The van der Waals surface area contributed by atoms with Gasteiger partial charge in [-0.1, -0.05) is 48.8 Å². The van der Waals surface area contributed by atoms with Crippen molar-refractivity contribution in [2.45, 2.75) is 39.7 Å². The lowest BCUT2D eigenvalue weighted by Gasteiger charge is -2.04. The normalized spacial score (nSPS) is 11.2. The molecule has 20 heavy (non-hydrogen) atoms. The van der Waals surface area contributed by atoms with Crippen molar-refractivity contribution in [3.63, 3.8) is 0 Å². The fourth-order valence-corrected chi connectivity index (χ4v) is 3.57. The summed E-state index contributed by atoms with van der Waals surface area (Å²) in [6, 6.07) is 8.49. The van der Waals surface area contributed by atoms with Gasteiger partial charge in [-0.15, -0.1) is 11.3 Å². The molecule has 0 spiro atoms. The van der Waals surface area contributed by atoms with Crippen LogP contribution in [0.25, 0.3) is 0 Å². The first-order valence-corrected chi connectivity index (χ1v) is 8.64. The highest BCUT2D eigenvalue weighted by Crippen LogP contribution is 2.27. The zero-order valence-electron chi connectivity index (χ0n) is 12.2. The second-order valence-corrected chi connectivity index (χ2v) is 7.24. The van der Waals surface area contributed by atoms with Crippen LogP contribution in [0.2, 0.25) is 0 Å². The molecule has 0 aliphatic heterocycles. The maximum Gasteiger partial charge on any atom is 0.0975 e. The van der Waals surface area contributed by atoms with Crippen LogP contribution in [-0.4, -0.2) is 11.5 Å². The standard InChI is InChI=1S/C16H21BrN2S/c1-4-18-10-14-16(11(2)3)19-15(20-14)9-12-5-7-13(17)8-6-12/h5-8,11,18H,4,9-10H2,1-3H3. The largest absolute Gasteiger partial charge is 0.312 e. The molecule has 0 fully saturated rings. The average molecular weight is 353 g/mol. The lowest BCUT2D eigenvalue weighted by atomic mass is 10.1. The van der Waals surface area contributed by atoms with Gasteiger partial charge in [-0.25, -0.2) is 4.98 Å². The Morgan fingerprint density at radius 1 is 1.25 bits per heavy atom. The van der Waals surface area contributed by atoms with Crippen LogP contribution in [0.3, 0.4) is 0 Å². The van der Waals surface area contributed by atoms with E-state index in [-0.39, 0.29) is 0 Å². The molecule has 1 heterocycles. The van der Waals surface area contributed by atoms with Gasteiger partial charge in [0.05, 0.1) is 10.7 Å². The minimum atomic E-state index is 0.485. The van der Waals surface area contributed by atoms with E-state index >= 15 is 0 Å². The molecule has 0 saturated heterocycles. The maximum atomic E-state index is 4.85. The highest BCUT2D eigenvalue weighted by molar-refractivity contribution is 9.10. The van der Waals surface area contributed by atoms with Crippen molar-refractivity contribution in [3.05, 3.63) is 49.9 Å². The molecule has 4 heteroatoms. The van der Waals surface area contributed by atoms with Crippen molar-refractivity contribution in [2.75, 3.05) is 6.54 Å². The summed E-state index contributed by atoms with van der Waals surface area (Å²) in [6.45, 7) is 8.50. The Kier molecular flexibility index (Phi) is 5.75. The molecule has 1 aromatic heterocycles. The zero-order chi connectivity index (χ0) is 14.5. The van der Waals surface area contributed by atoms with Crippen LogP contribution < -0.4 is 5.32 Å². The predicted octanol–water partition coefficient (Wildman–Crippen LogP) is 4.73. The SMILES string of the molecule is CCNCc1sc(Cc2ccc(Br)cc2)nc1C(C)C. The van der Waals surface area contributed by atoms with Gasteiger partial charge in [-0.3, -0.25) is 0 Å². The van der Waals surface area contributed by atoms with E-state index in [0.717, 1.165) is 24.0 Å². The third-order valence-electron chi connectivity index (χ3n) is 3.12. The molecule has 0 unspecified atom stereocenters. The van der Waals surface area contributed by atoms with Gasteiger partial charge >= 0.3 is 0 Å². The molecular formula is C16H21BrN2S. The first-order chi connectivity index (χ1) is 9.60. The van der Waals surface area contributed by atoms with Crippen LogP contribution in [0.5, 0.6) is 0 Å². The Morgan fingerprint density at radius 2 is 1.95 bits per heavy atom. The van der Waals surface area contributed by atoms with Crippen LogP contribution >= 0.6 is 27.3 Å². The van der Waals surface area contributed by atoms with Gasteiger partial charge in [0.15, 0.2) is 0 Å². The Hall–Kier alpha value is -0.710. The summed E-state index contributed by atoms with van der Waals surface area (Å²) in [5, 5.41) is 4.62. The third kappa shape index (κ3) is 4.14. The molecule has 2 aromatic rings. The number of nitrogens with one attached hydrogen (secondary N) is 1. The number of halogens is 1. The van der Waals surface area contributed by atoms with E-state index in [1.807, 2.05) is 11.3 Å². The average Bonchev–Trinajstić information content (AvgIpc) is 2.82. The quantitative estimate of drug-likeness (QED) is 0.812. The molecule has 1 aromatic carbocycles. The van der Waals surface area contributed by atoms with Crippen molar-refractivity contribution in [1.82, 2.24) is 10.3 Å². The lowest BCUT2D eigenvalue weighted by molar-refractivity contribution is 0.713. The number of aromatic nitrogens is 1. The van der Waals surface area contributed by atoms with Crippen LogP contribution in [0, 0.1) is 0 Å². The molecule has 2 rings (SSSR count). The third-order valence-corrected chi connectivity index (χ3v) is 4.72. The van der Waals surface area contributed by atoms with Gasteiger partial charge in [-0.2, -0.15) is 0 Å². The molecule has 0 radical (unpaired) electrons. The summed E-state index contributed by atoms with van der Waals surface area (Å²) in [6.07, 6.45) is 0.920. The number of hydrogen-bond acceptors (Lipinski definition) is 3. The second-order valence-electron chi connectivity index (χ2n) is 5.15. The van der Waals surface area contributed by atoms with Gasteiger partial charge in [-0.05, 0) is 30.2 Å². The summed E-state index contributed by atoms with van der Waals surface area (Å²) >= 11 is 5.31. The number of nitrogens with zero attached hydrogens (tertiary/aromatic N) is 1.